The predicted molar refractivity (Wildman–Crippen MR) is 128 cm³/mol. The molecule has 0 unspecified atom stereocenters. The third-order valence-electron chi connectivity index (χ3n) is 4.91. The molecule has 1 aromatic heterocycles. The van der Waals surface area contributed by atoms with Crippen LogP contribution in [0.25, 0.3) is 22.4 Å². The Morgan fingerprint density at radius 1 is 0.970 bits per heavy atom. The van der Waals surface area contributed by atoms with Gasteiger partial charge >= 0.3 is 0 Å². The topological polar surface area (TPSA) is 96.4 Å². The van der Waals surface area contributed by atoms with Gasteiger partial charge in [0.25, 0.3) is 11.5 Å². The molecular weight excluding hydrogens is 416 g/mol. The smallest absolute Gasteiger partial charge is 0.277 e. The molecule has 0 spiro atoms. The van der Waals surface area contributed by atoms with Crippen LogP contribution >= 0.6 is 0 Å². The number of hydrogen-bond donors (Lipinski definition) is 2. The van der Waals surface area contributed by atoms with Gasteiger partial charge in [-0.25, -0.2) is 10.5 Å². The molecule has 164 valence electrons. The van der Waals surface area contributed by atoms with E-state index in [1.165, 1.54) is 6.21 Å². The molecule has 2 N–H and O–H groups in total. The third kappa shape index (κ3) is 4.88. The second-order valence-electron chi connectivity index (χ2n) is 7.05. The van der Waals surface area contributed by atoms with Crippen molar-refractivity contribution in [1.82, 2.24) is 15.6 Å². The number of ether oxygens (including phenoxy) is 1. The zero-order chi connectivity index (χ0) is 23.0. The Labute approximate surface area is 190 Å². The van der Waals surface area contributed by atoms with Crippen LogP contribution in [0.5, 0.6) is 5.75 Å². The standard InChI is InChI=1S/C26H22N4O3/c1-2-33-21-16-10-9-15-20(21)17-27-29-25(31)23-22(18-11-5-3-6-12-18)24(28-30-26(23)32)19-13-7-4-8-14-19/h3-17H,2H2,1H3,(H,29,31)(H,30,32). The third-order valence-corrected chi connectivity index (χ3v) is 4.91. The first-order valence-corrected chi connectivity index (χ1v) is 10.5. The minimum Gasteiger partial charge on any atom is -0.493 e. The average Bonchev–Trinajstić information content (AvgIpc) is 2.86. The first kappa shape index (κ1) is 21.7. The van der Waals surface area contributed by atoms with Crippen LogP contribution in [0, 0.1) is 0 Å². The molecular formula is C26H22N4O3. The van der Waals surface area contributed by atoms with Gasteiger partial charge in [0.15, 0.2) is 0 Å². The molecule has 7 heteroatoms. The molecule has 4 aromatic rings. The van der Waals surface area contributed by atoms with Crippen molar-refractivity contribution in [2.75, 3.05) is 6.61 Å². The van der Waals surface area contributed by atoms with Gasteiger partial charge < -0.3 is 4.74 Å². The Kier molecular flexibility index (Phi) is 6.70. The normalized spacial score (nSPS) is 10.8. The molecule has 0 radical (unpaired) electrons. The van der Waals surface area contributed by atoms with Crippen molar-refractivity contribution < 1.29 is 9.53 Å². The summed E-state index contributed by atoms with van der Waals surface area (Å²) in [5, 5.41) is 10.8. The highest BCUT2D eigenvalue weighted by molar-refractivity contribution is 6.03. The number of para-hydroxylation sites is 1. The lowest BCUT2D eigenvalue weighted by molar-refractivity contribution is 0.0954. The molecule has 0 aliphatic carbocycles. The number of H-pyrrole nitrogens is 1. The summed E-state index contributed by atoms with van der Waals surface area (Å²) < 4.78 is 5.57. The lowest BCUT2D eigenvalue weighted by Crippen LogP contribution is -2.28. The van der Waals surface area contributed by atoms with E-state index in [-0.39, 0.29) is 5.56 Å². The van der Waals surface area contributed by atoms with Gasteiger partial charge in [-0.2, -0.15) is 10.2 Å². The van der Waals surface area contributed by atoms with E-state index in [9.17, 15) is 9.59 Å². The van der Waals surface area contributed by atoms with Crippen molar-refractivity contribution in [3.05, 3.63) is 106 Å². The summed E-state index contributed by atoms with van der Waals surface area (Å²) in [7, 11) is 0. The summed E-state index contributed by atoms with van der Waals surface area (Å²) in [5.74, 6) is 0.0101. The summed E-state index contributed by atoms with van der Waals surface area (Å²) in [6.45, 7) is 2.40. The van der Waals surface area contributed by atoms with Crippen molar-refractivity contribution in [3.8, 4) is 28.1 Å². The molecule has 1 amide bonds. The van der Waals surface area contributed by atoms with Gasteiger partial charge in [0.1, 0.15) is 11.3 Å². The van der Waals surface area contributed by atoms with E-state index in [1.54, 1.807) is 0 Å². The second-order valence-corrected chi connectivity index (χ2v) is 7.05. The molecule has 7 nitrogen and oxygen atoms in total. The summed E-state index contributed by atoms with van der Waals surface area (Å²) >= 11 is 0. The number of rotatable bonds is 7. The number of aromatic nitrogens is 2. The van der Waals surface area contributed by atoms with Crippen LogP contribution in [-0.4, -0.2) is 28.9 Å². The predicted octanol–water partition coefficient (Wildman–Crippen LogP) is 4.27. The van der Waals surface area contributed by atoms with Crippen molar-refractivity contribution >= 4 is 12.1 Å². The van der Waals surface area contributed by atoms with Crippen LogP contribution in [0.1, 0.15) is 22.8 Å². The average molecular weight is 438 g/mol. The van der Waals surface area contributed by atoms with Gasteiger partial charge in [-0.3, -0.25) is 9.59 Å². The monoisotopic (exact) mass is 438 g/mol. The fourth-order valence-corrected chi connectivity index (χ4v) is 3.45. The van der Waals surface area contributed by atoms with Crippen LogP contribution < -0.4 is 15.7 Å². The minimum absolute atomic E-state index is 0.0645. The van der Waals surface area contributed by atoms with E-state index in [1.807, 2.05) is 91.9 Å². The SMILES string of the molecule is CCOc1ccccc1C=NNC(=O)c1c(-c2ccccc2)c(-c2ccccc2)n[nH]c1=O. The van der Waals surface area contributed by atoms with E-state index >= 15 is 0 Å². The number of benzene rings is 3. The number of nitrogens with zero attached hydrogens (tertiary/aromatic N) is 2. The minimum atomic E-state index is -0.639. The number of carbonyl (C=O) groups is 1. The highest BCUT2D eigenvalue weighted by Crippen LogP contribution is 2.31. The zero-order valence-electron chi connectivity index (χ0n) is 18.0. The van der Waals surface area contributed by atoms with Gasteiger partial charge in [0.2, 0.25) is 0 Å². The van der Waals surface area contributed by atoms with Gasteiger partial charge in [0, 0.05) is 16.7 Å². The Bertz CT molecular complexity index is 1330. The Hall–Kier alpha value is -4.52. The number of hydrazone groups is 1. The fraction of sp³-hybridized carbons (Fsp3) is 0.0769. The number of carbonyl (C=O) groups excluding carboxylic acids is 1. The molecule has 33 heavy (non-hydrogen) atoms. The van der Waals surface area contributed by atoms with Gasteiger partial charge in [-0.1, -0.05) is 72.8 Å². The molecule has 0 fully saturated rings. The largest absolute Gasteiger partial charge is 0.493 e. The lowest BCUT2D eigenvalue weighted by Gasteiger charge is -2.13. The van der Waals surface area contributed by atoms with Crippen LogP contribution in [0.2, 0.25) is 0 Å². The number of amides is 1. The zero-order valence-corrected chi connectivity index (χ0v) is 18.0. The van der Waals surface area contributed by atoms with E-state index in [0.29, 0.717) is 34.7 Å². The van der Waals surface area contributed by atoms with Crippen molar-refractivity contribution in [3.63, 3.8) is 0 Å². The van der Waals surface area contributed by atoms with Crippen molar-refractivity contribution in [2.24, 2.45) is 5.10 Å². The molecule has 3 aromatic carbocycles. The quantitative estimate of drug-likeness (QED) is 0.333. The highest BCUT2D eigenvalue weighted by atomic mass is 16.5. The number of hydrogen-bond acceptors (Lipinski definition) is 5. The highest BCUT2D eigenvalue weighted by Gasteiger charge is 2.22. The fourth-order valence-electron chi connectivity index (χ4n) is 3.45. The molecule has 0 aliphatic heterocycles. The number of aromatic amines is 1. The Morgan fingerprint density at radius 2 is 1.61 bits per heavy atom. The summed E-state index contributed by atoms with van der Waals surface area (Å²) in [4.78, 5) is 25.9. The molecule has 1 heterocycles. The van der Waals surface area contributed by atoms with E-state index in [4.69, 9.17) is 4.74 Å². The second kappa shape index (κ2) is 10.2. The lowest BCUT2D eigenvalue weighted by atomic mass is 9.95. The maximum atomic E-state index is 13.1. The first-order chi connectivity index (χ1) is 16.2. The molecule has 0 saturated carbocycles. The Balaban J connectivity index is 1.74. The van der Waals surface area contributed by atoms with Crippen molar-refractivity contribution in [1.29, 1.82) is 0 Å². The summed E-state index contributed by atoms with van der Waals surface area (Å²) in [6, 6.07) is 25.9. The van der Waals surface area contributed by atoms with Crippen LogP contribution in [0.15, 0.2) is 94.8 Å². The molecule has 4 rings (SSSR count). The van der Waals surface area contributed by atoms with Gasteiger partial charge in [0.05, 0.1) is 18.5 Å². The van der Waals surface area contributed by atoms with Gasteiger partial charge in [-0.05, 0) is 24.6 Å². The van der Waals surface area contributed by atoms with Crippen LogP contribution in [-0.2, 0) is 0 Å². The van der Waals surface area contributed by atoms with Crippen LogP contribution in [0.3, 0.4) is 0 Å². The maximum absolute atomic E-state index is 13.1. The molecule has 0 saturated heterocycles. The first-order valence-electron chi connectivity index (χ1n) is 10.5. The summed E-state index contributed by atoms with van der Waals surface area (Å²) in [6.07, 6.45) is 1.48. The molecule has 0 bridgehead atoms. The molecule has 0 atom stereocenters. The van der Waals surface area contributed by atoms with E-state index < -0.39 is 11.5 Å². The van der Waals surface area contributed by atoms with Gasteiger partial charge in [-0.15, -0.1) is 0 Å². The maximum Gasteiger partial charge on any atom is 0.277 e. The molecule has 0 aliphatic rings. The van der Waals surface area contributed by atoms with E-state index in [2.05, 4.69) is 20.7 Å². The summed E-state index contributed by atoms with van der Waals surface area (Å²) in [5.41, 5.74) is 4.92. The Morgan fingerprint density at radius 3 is 2.30 bits per heavy atom. The van der Waals surface area contributed by atoms with Crippen molar-refractivity contribution in [2.45, 2.75) is 6.92 Å². The number of nitrogens with one attached hydrogen (secondary N) is 2. The van der Waals surface area contributed by atoms with Crippen LogP contribution in [0.4, 0.5) is 0 Å². The van der Waals surface area contributed by atoms with E-state index in [0.717, 1.165) is 5.56 Å².